The Bertz CT molecular complexity index is 411. The molecule has 5 heteroatoms. The molecule has 19 heavy (non-hydrogen) atoms. The Kier molecular flexibility index (Phi) is 5.07. The number of hydrogen-bond donors (Lipinski definition) is 0. The van der Waals surface area contributed by atoms with Crippen LogP contribution < -0.4 is 4.57 Å². The molecule has 0 spiro atoms. The second-order valence-corrected chi connectivity index (χ2v) is 5.48. The Hall–Kier alpha value is -1.23. The maximum absolute atomic E-state index is 10.4. The van der Waals surface area contributed by atoms with Crippen LogP contribution >= 0.6 is 0 Å². The third-order valence-corrected chi connectivity index (χ3v) is 4.21. The molecule has 2 rings (SSSR count). The van der Waals surface area contributed by atoms with Crippen molar-refractivity contribution in [2.45, 2.75) is 58.4 Å². The number of imidazole rings is 1. The highest BCUT2D eigenvalue weighted by atomic mass is 16.5. The zero-order valence-corrected chi connectivity index (χ0v) is 11.9. The summed E-state index contributed by atoms with van der Waals surface area (Å²) >= 11 is 0. The summed E-state index contributed by atoms with van der Waals surface area (Å²) in [6.45, 7) is 2.85. The van der Waals surface area contributed by atoms with Gasteiger partial charge in [0.15, 0.2) is 13.3 Å². The van der Waals surface area contributed by atoms with Crippen LogP contribution in [0.4, 0.5) is 0 Å². The van der Waals surface area contributed by atoms with E-state index in [9.17, 15) is 4.91 Å². The highest BCUT2D eigenvalue weighted by Gasteiger charge is 2.22. The average molecular weight is 266 g/mol. The van der Waals surface area contributed by atoms with Gasteiger partial charge in [-0.3, -0.25) is 0 Å². The van der Waals surface area contributed by atoms with Crippen molar-refractivity contribution in [3.63, 3.8) is 0 Å². The molecular weight excluding hydrogens is 242 g/mol. The van der Waals surface area contributed by atoms with Gasteiger partial charge >= 0.3 is 0 Å². The molecule has 0 bridgehead atoms. The SMILES string of the molecule is CC(OCn1cc[n+](C)c1CN=O)C1CCCCC1. The molecule has 0 aromatic carbocycles. The Morgan fingerprint density at radius 2 is 2.21 bits per heavy atom. The summed E-state index contributed by atoms with van der Waals surface area (Å²) in [5.74, 6) is 1.57. The van der Waals surface area contributed by atoms with Crippen LogP contribution in [0.1, 0.15) is 44.9 Å². The van der Waals surface area contributed by atoms with E-state index >= 15 is 0 Å². The lowest BCUT2D eigenvalue weighted by Gasteiger charge is -2.27. The number of nitroso groups, excluding NO2 is 1. The number of ether oxygens (including phenoxy) is 1. The molecule has 1 saturated carbocycles. The van der Waals surface area contributed by atoms with E-state index in [1.54, 1.807) is 0 Å². The van der Waals surface area contributed by atoms with Gasteiger partial charge in [0.25, 0.3) is 5.82 Å². The summed E-state index contributed by atoms with van der Waals surface area (Å²) in [7, 11) is 1.92. The van der Waals surface area contributed by atoms with Crippen molar-refractivity contribution < 1.29 is 9.30 Å². The van der Waals surface area contributed by atoms with Crippen LogP contribution in [0.25, 0.3) is 0 Å². The lowest BCUT2D eigenvalue weighted by molar-refractivity contribution is -0.679. The van der Waals surface area contributed by atoms with Crippen molar-refractivity contribution in [2.75, 3.05) is 0 Å². The van der Waals surface area contributed by atoms with E-state index in [0.717, 1.165) is 5.82 Å². The maximum Gasteiger partial charge on any atom is 0.283 e. The molecule has 5 nitrogen and oxygen atoms in total. The predicted octanol–water partition coefficient (Wildman–Crippen LogP) is 2.52. The number of aromatic nitrogens is 2. The maximum atomic E-state index is 10.4. The summed E-state index contributed by atoms with van der Waals surface area (Å²) in [5.41, 5.74) is 0. The number of nitrogens with zero attached hydrogens (tertiary/aromatic N) is 3. The first-order valence-corrected chi connectivity index (χ1v) is 7.16. The highest BCUT2D eigenvalue weighted by Crippen LogP contribution is 2.27. The molecular formula is C14H24N3O2+. The van der Waals surface area contributed by atoms with Gasteiger partial charge < -0.3 is 4.74 Å². The first-order chi connectivity index (χ1) is 9.22. The van der Waals surface area contributed by atoms with E-state index in [-0.39, 0.29) is 12.6 Å². The molecule has 1 fully saturated rings. The predicted molar refractivity (Wildman–Crippen MR) is 72.2 cm³/mol. The second kappa shape index (κ2) is 6.80. The van der Waals surface area contributed by atoms with Crippen LogP contribution in [-0.2, 0) is 25.1 Å². The van der Waals surface area contributed by atoms with Crippen LogP contribution in [-0.4, -0.2) is 10.7 Å². The van der Waals surface area contributed by atoms with Crippen LogP contribution in [0.5, 0.6) is 0 Å². The fraction of sp³-hybridized carbons (Fsp3) is 0.786. The summed E-state index contributed by atoms with van der Waals surface area (Å²) < 4.78 is 9.85. The summed E-state index contributed by atoms with van der Waals surface area (Å²) in [6, 6.07) is 0. The van der Waals surface area contributed by atoms with Crippen molar-refractivity contribution in [1.82, 2.24) is 4.57 Å². The van der Waals surface area contributed by atoms with Crippen LogP contribution in [0.15, 0.2) is 17.6 Å². The molecule has 0 aliphatic heterocycles. The molecule has 1 aliphatic carbocycles. The Balaban J connectivity index is 1.89. The Labute approximate surface area is 114 Å². The number of rotatable bonds is 6. The lowest BCUT2D eigenvalue weighted by Crippen LogP contribution is -2.32. The topological polar surface area (TPSA) is 47.5 Å². The molecule has 0 N–H and O–H groups in total. The van der Waals surface area contributed by atoms with Gasteiger partial charge in [-0.1, -0.05) is 24.4 Å². The van der Waals surface area contributed by atoms with Crippen LogP contribution in [0.3, 0.4) is 0 Å². The van der Waals surface area contributed by atoms with Gasteiger partial charge in [0.05, 0.1) is 13.2 Å². The van der Waals surface area contributed by atoms with Gasteiger partial charge in [0.1, 0.15) is 12.4 Å². The van der Waals surface area contributed by atoms with Crippen molar-refractivity contribution in [3.8, 4) is 0 Å². The van der Waals surface area contributed by atoms with Crippen molar-refractivity contribution in [3.05, 3.63) is 23.1 Å². The van der Waals surface area contributed by atoms with E-state index in [2.05, 4.69) is 12.1 Å². The summed E-state index contributed by atoms with van der Waals surface area (Å²) in [6.07, 6.45) is 10.7. The third kappa shape index (κ3) is 3.62. The quantitative estimate of drug-likeness (QED) is 0.587. The molecule has 1 aromatic heterocycles. The number of hydrogen-bond acceptors (Lipinski definition) is 3. The Morgan fingerprint density at radius 1 is 1.47 bits per heavy atom. The minimum absolute atomic E-state index is 0.185. The molecule has 0 radical (unpaired) electrons. The van der Waals surface area contributed by atoms with Gasteiger partial charge in [-0.05, 0) is 25.7 Å². The van der Waals surface area contributed by atoms with Gasteiger partial charge in [-0.15, -0.1) is 0 Å². The monoisotopic (exact) mass is 266 g/mol. The fourth-order valence-electron chi connectivity index (χ4n) is 2.87. The lowest BCUT2D eigenvalue weighted by atomic mass is 9.86. The first-order valence-electron chi connectivity index (χ1n) is 7.16. The molecule has 1 heterocycles. The molecule has 0 amide bonds. The standard InChI is InChI=1S/C14H24N3O2/c1-12(13-6-4-3-5-7-13)19-11-17-9-8-16(2)14(17)10-15-18/h8-9,12-13H,3-7,10-11H2,1-2H3/q+1. The minimum Gasteiger partial charge on any atom is -0.338 e. The van der Waals surface area contributed by atoms with E-state index in [4.69, 9.17) is 4.74 Å². The van der Waals surface area contributed by atoms with Crippen molar-refractivity contribution in [2.24, 2.45) is 18.1 Å². The molecule has 106 valence electrons. The zero-order valence-electron chi connectivity index (χ0n) is 11.9. The molecule has 0 saturated heterocycles. The Morgan fingerprint density at radius 3 is 2.89 bits per heavy atom. The van der Waals surface area contributed by atoms with E-state index in [0.29, 0.717) is 12.6 Å². The third-order valence-electron chi connectivity index (χ3n) is 4.21. The van der Waals surface area contributed by atoms with E-state index < -0.39 is 0 Å². The van der Waals surface area contributed by atoms with E-state index in [1.807, 2.05) is 28.6 Å². The van der Waals surface area contributed by atoms with Gasteiger partial charge in [-0.25, -0.2) is 9.13 Å². The van der Waals surface area contributed by atoms with Gasteiger partial charge in [-0.2, -0.15) is 4.91 Å². The van der Waals surface area contributed by atoms with Crippen molar-refractivity contribution in [1.29, 1.82) is 0 Å². The second-order valence-electron chi connectivity index (χ2n) is 5.48. The largest absolute Gasteiger partial charge is 0.338 e. The van der Waals surface area contributed by atoms with Crippen LogP contribution in [0, 0.1) is 10.8 Å². The molecule has 1 atom stereocenters. The fourth-order valence-corrected chi connectivity index (χ4v) is 2.87. The normalized spacial score (nSPS) is 18.4. The summed E-state index contributed by atoms with van der Waals surface area (Å²) in [5, 5.41) is 2.97. The smallest absolute Gasteiger partial charge is 0.283 e. The van der Waals surface area contributed by atoms with Crippen molar-refractivity contribution >= 4 is 0 Å². The van der Waals surface area contributed by atoms with Crippen LogP contribution in [0.2, 0.25) is 0 Å². The zero-order chi connectivity index (χ0) is 13.7. The highest BCUT2D eigenvalue weighted by molar-refractivity contribution is 4.82. The summed E-state index contributed by atoms with van der Waals surface area (Å²) in [4.78, 5) is 10.4. The average Bonchev–Trinajstić information content (AvgIpc) is 2.79. The minimum atomic E-state index is 0.185. The van der Waals surface area contributed by atoms with Gasteiger partial charge in [0, 0.05) is 0 Å². The van der Waals surface area contributed by atoms with E-state index in [1.165, 1.54) is 32.1 Å². The number of aryl methyl sites for hydroxylation is 1. The molecule has 1 aliphatic rings. The first kappa shape index (κ1) is 14.2. The molecule has 1 aromatic rings. The molecule has 1 unspecified atom stereocenters. The van der Waals surface area contributed by atoms with Gasteiger partial charge in [0.2, 0.25) is 0 Å².